The van der Waals surface area contributed by atoms with Crippen molar-refractivity contribution in [2.75, 3.05) is 12.4 Å². The van der Waals surface area contributed by atoms with Gasteiger partial charge in [0.25, 0.3) is 9.84 Å². The first kappa shape index (κ1) is 21.3. The SMILES string of the molecule is CCCCCCCC(=O)Nc1cc(S(=O)(=O)C(F)(F)F)ccc1OC. The number of unbranched alkanes of at least 4 members (excludes halogenated alkanes) is 4. The molecule has 0 atom stereocenters. The number of methoxy groups -OCH3 is 1. The molecule has 1 N–H and O–H groups in total. The Bertz CT molecular complexity index is 687. The van der Waals surface area contributed by atoms with Gasteiger partial charge in [0.2, 0.25) is 5.91 Å². The van der Waals surface area contributed by atoms with Crippen molar-refractivity contribution in [2.24, 2.45) is 0 Å². The molecule has 0 spiro atoms. The van der Waals surface area contributed by atoms with Crippen LogP contribution >= 0.6 is 0 Å². The third-order valence-electron chi connectivity index (χ3n) is 3.57. The number of nitrogens with one attached hydrogen (secondary N) is 1. The maximum absolute atomic E-state index is 12.7. The van der Waals surface area contributed by atoms with Crippen molar-refractivity contribution in [3.05, 3.63) is 18.2 Å². The van der Waals surface area contributed by atoms with E-state index in [1.165, 1.54) is 7.11 Å². The van der Waals surface area contributed by atoms with Gasteiger partial charge < -0.3 is 10.1 Å². The number of anilines is 1. The number of halogens is 3. The molecule has 0 saturated heterocycles. The molecule has 9 heteroatoms. The third-order valence-corrected chi connectivity index (χ3v) is 5.05. The van der Waals surface area contributed by atoms with Crippen LogP contribution in [0.4, 0.5) is 18.9 Å². The number of amides is 1. The maximum Gasteiger partial charge on any atom is 0.501 e. The topological polar surface area (TPSA) is 72.5 Å². The molecule has 0 fully saturated rings. The fourth-order valence-electron chi connectivity index (χ4n) is 2.19. The summed E-state index contributed by atoms with van der Waals surface area (Å²) >= 11 is 0. The second-order valence-electron chi connectivity index (χ2n) is 5.52. The first-order chi connectivity index (χ1) is 11.6. The summed E-state index contributed by atoms with van der Waals surface area (Å²) in [5, 5.41) is 2.42. The van der Waals surface area contributed by atoms with Crippen LogP contribution < -0.4 is 10.1 Å². The van der Waals surface area contributed by atoms with Gasteiger partial charge in [-0.3, -0.25) is 4.79 Å². The molecule has 0 aliphatic carbocycles. The molecule has 0 saturated carbocycles. The Morgan fingerprint density at radius 3 is 2.36 bits per heavy atom. The van der Waals surface area contributed by atoms with Crippen LogP contribution in [-0.4, -0.2) is 26.9 Å². The average Bonchev–Trinajstić information content (AvgIpc) is 2.53. The van der Waals surface area contributed by atoms with Crippen LogP contribution in [0.1, 0.15) is 45.4 Å². The monoisotopic (exact) mass is 381 g/mol. The first-order valence-electron chi connectivity index (χ1n) is 7.92. The number of ether oxygens (including phenoxy) is 1. The third kappa shape index (κ3) is 5.91. The molecular weight excluding hydrogens is 359 g/mol. The minimum Gasteiger partial charge on any atom is -0.495 e. The van der Waals surface area contributed by atoms with Gasteiger partial charge in [0.1, 0.15) is 5.75 Å². The number of alkyl halides is 3. The van der Waals surface area contributed by atoms with Crippen molar-refractivity contribution in [3.63, 3.8) is 0 Å². The molecule has 1 aromatic rings. The number of benzene rings is 1. The Hall–Kier alpha value is -1.77. The number of hydrogen-bond donors (Lipinski definition) is 1. The normalized spacial score (nSPS) is 12.0. The highest BCUT2D eigenvalue weighted by Crippen LogP contribution is 2.34. The van der Waals surface area contributed by atoms with Gasteiger partial charge in [0, 0.05) is 6.42 Å². The number of carbonyl (C=O) groups excluding carboxylic acids is 1. The van der Waals surface area contributed by atoms with E-state index in [-0.39, 0.29) is 17.9 Å². The molecule has 5 nitrogen and oxygen atoms in total. The molecule has 0 bridgehead atoms. The average molecular weight is 381 g/mol. The van der Waals surface area contributed by atoms with Gasteiger partial charge in [-0.2, -0.15) is 13.2 Å². The van der Waals surface area contributed by atoms with Crippen LogP contribution in [-0.2, 0) is 14.6 Å². The Kier molecular flexibility index (Phi) is 7.72. The van der Waals surface area contributed by atoms with E-state index in [1.807, 2.05) is 0 Å². The van der Waals surface area contributed by atoms with E-state index in [9.17, 15) is 26.4 Å². The minimum absolute atomic E-state index is 0.0838. The van der Waals surface area contributed by atoms with E-state index in [0.29, 0.717) is 6.42 Å². The van der Waals surface area contributed by atoms with Gasteiger partial charge in [0.15, 0.2) is 0 Å². The lowest BCUT2D eigenvalue weighted by Crippen LogP contribution is -2.23. The number of carbonyl (C=O) groups is 1. The highest BCUT2D eigenvalue weighted by Gasteiger charge is 2.47. The van der Waals surface area contributed by atoms with E-state index < -0.39 is 26.1 Å². The molecule has 0 heterocycles. The standard InChI is InChI=1S/C16H22F3NO4S/c1-3-4-5-6-7-8-15(21)20-13-11-12(9-10-14(13)24-2)25(22,23)16(17,18)19/h9-11H,3-8H2,1-2H3,(H,20,21). The molecule has 0 aliphatic heterocycles. The van der Waals surface area contributed by atoms with E-state index in [4.69, 9.17) is 4.74 Å². The van der Waals surface area contributed by atoms with E-state index >= 15 is 0 Å². The van der Waals surface area contributed by atoms with Crippen LogP contribution in [0.5, 0.6) is 5.75 Å². The molecule has 0 unspecified atom stereocenters. The number of hydrogen-bond acceptors (Lipinski definition) is 4. The van der Waals surface area contributed by atoms with Gasteiger partial charge in [-0.25, -0.2) is 8.42 Å². The zero-order valence-electron chi connectivity index (χ0n) is 14.1. The molecule has 0 aromatic heterocycles. The summed E-state index contributed by atoms with van der Waals surface area (Å²) in [5.74, 6) is -0.322. The highest BCUT2D eigenvalue weighted by molar-refractivity contribution is 7.92. The summed E-state index contributed by atoms with van der Waals surface area (Å²) in [6.45, 7) is 2.07. The highest BCUT2D eigenvalue weighted by atomic mass is 32.2. The molecule has 1 amide bonds. The van der Waals surface area contributed by atoms with Gasteiger partial charge in [-0.1, -0.05) is 32.6 Å². The lowest BCUT2D eigenvalue weighted by atomic mass is 10.1. The fraction of sp³-hybridized carbons (Fsp3) is 0.562. The van der Waals surface area contributed by atoms with E-state index in [1.54, 1.807) is 0 Å². The van der Waals surface area contributed by atoms with Gasteiger partial charge >= 0.3 is 5.51 Å². The molecule has 1 aromatic carbocycles. The molecule has 25 heavy (non-hydrogen) atoms. The minimum atomic E-state index is -5.49. The Morgan fingerprint density at radius 1 is 1.16 bits per heavy atom. The van der Waals surface area contributed by atoms with E-state index in [2.05, 4.69) is 12.2 Å². The summed E-state index contributed by atoms with van der Waals surface area (Å²) in [6, 6.07) is 2.63. The second kappa shape index (κ2) is 9.07. The first-order valence-corrected chi connectivity index (χ1v) is 9.41. The van der Waals surface area contributed by atoms with Crippen molar-refractivity contribution >= 4 is 21.4 Å². The second-order valence-corrected chi connectivity index (χ2v) is 7.46. The van der Waals surface area contributed by atoms with E-state index in [0.717, 1.165) is 43.9 Å². The van der Waals surface area contributed by atoms with Crippen molar-refractivity contribution < 1.29 is 31.1 Å². The Morgan fingerprint density at radius 2 is 1.80 bits per heavy atom. The largest absolute Gasteiger partial charge is 0.501 e. The maximum atomic E-state index is 12.7. The van der Waals surface area contributed by atoms with Gasteiger partial charge in [-0.15, -0.1) is 0 Å². The van der Waals surface area contributed by atoms with Crippen LogP contribution in [0, 0.1) is 0 Å². The Labute approximate surface area is 145 Å². The summed E-state index contributed by atoms with van der Waals surface area (Å²) < 4.78 is 65.9. The molecule has 1 rings (SSSR count). The molecule has 0 radical (unpaired) electrons. The van der Waals surface area contributed by atoms with Gasteiger partial charge in [0.05, 0.1) is 17.7 Å². The zero-order valence-corrected chi connectivity index (χ0v) is 15.0. The molecular formula is C16H22F3NO4S. The van der Waals surface area contributed by atoms with Crippen molar-refractivity contribution in [2.45, 2.75) is 55.9 Å². The smallest absolute Gasteiger partial charge is 0.495 e. The zero-order chi connectivity index (χ0) is 19.1. The quantitative estimate of drug-likeness (QED) is 0.648. The van der Waals surface area contributed by atoms with Crippen LogP contribution in [0.2, 0.25) is 0 Å². The molecule has 142 valence electrons. The lowest BCUT2D eigenvalue weighted by Gasteiger charge is -2.13. The van der Waals surface area contributed by atoms with Crippen LogP contribution in [0.25, 0.3) is 0 Å². The van der Waals surface area contributed by atoms with Crippen LogP contribution in [0.3, 0.4) is 0 Å². The number of rotatable bonds is 9. The predicted octanol–water partition coefficient (Wildman–Crippen LogP) is 4.29. The summed E-state index contributed by atoms with van der Waals surface area (Å²) in [5.41, 5.74) is -5.52. The predicted molar refractivity (Wildman–Crippen MR) is 88.2 cm³/mol. The van der Waals surface area contributed by atoms with Crippen molar-refractivity contribution in [1.82, 2.24) is 0 Å². The summed E-state index contributed by atoms with van der Waals surface area (Å²) in [4.78, 5) is 11.0. The molecule has 0 aliphatic rings. The van der Waals surface area contributed by atoms with Crippen molar-refractivity contribution in [1.29, 1.82) is 0 Å². The van der Waals surface area contributed by atoms with Crippen LogP contribution in [0.15, 0.2) is 23.1 Å². The van der Waals surface area contributed by atoms with Crippen molar-refractivity contribution in [3.8, 4) is 5.75 Å². The summed E-state index contributed by atoms with van der Waals surface area (Å²) in [7, 11) is -4.22. The fourth-order valence-corrected chi connectivity index (χ4v) is 2.97. The van der Waals surface area contributed by atoms with Gasteiger partial charge in [-0.05, 0) is 24.6 Å². The lowest BCUT2D eigenvalue weighted by molar-refractivity contribution is -0.116. The summed E-state index contributed by atoms with van der Waals surface area (Å²) in [6.07, 6.45) is 4.88. The number of sulfone groups is 1. The Balaban J connectivity index is 2.88.